The van der Waals surface area contributed by atoms with E-state index in [0.717, 1.165) is 38.5 Å². The maximum absolute atomic E-state index is 14.6. The maximum Gasteiger partial charge on any atom is 0.270 e. The van der Waals surface area contributed by atoms with Crippen molar-refractivity contribution in [2.24, 2.45) is 5.92 Å². The van der Waals surface area contributed by atoms with Crippen molar-refractivity contribution in [1.29, 1.82) is 0 Å². The number of ether oxygens (including phenoxy) is 2. The van der Waals surface area contributed by atoms with Gasteiger partial charge in [-0.2, -0.15) is 0 Å². The molecule has 1 saturated carbocycles. The van der Waals surface area contributed by atoms with Gasteiger partial charge >= 0.3 is 0 Å². The number of fused-ring (bicyclic) bond motifs is 10. The van der Waals surface area contributed by atoms with E-state index in [2.05, 4.69) is 15.2 Å². The lowest BCUT2D eigenvalue weighted by Crippen LogP contribution is -2.51. The summed E-state index contributed by atoms with van der Waals surface area (Å²) < 4.78 is 26.1. The van der Waals surface area contributed by atoms with Gasteiger partial charge in [0.1, 0.15) is 18.1 Å². The first kappa shape index (κ1) is 30.5. The summed E-state index contributed by atoms with van der Waals surface area (Å²) in [6.45, 7) is 3.39. The molecule has 44 heavy (non-hydrogen) atoms. The molecule has 0 radical (unpaired) electrons. The van der Waals surface area contributed by atoms with Crippen molar-refractivity contribution < 1.29 is 28.2 Å². The van der Waals surface area contributed by atoms with Crippen LogP contribution in [0.15, 0.2) is 42.5 Å². The average molecular weight is 608 g/mol. The van der Waals surface area contributed by atoms with E-state index in [-0.39, 0.29) is 66.8 Å². The van der Waals surface area contributed by atoms with Crippen molar-refractivity contribution in [1.82, 2.24) is 25.0 Å². The number of carbonyl (C=O) groups is 3. The number of likely N-dealkylation sites (tertiary alicyclic amines) is 1. The number of halogens is 1. The Morgan fingerprint density at radius 1 is 0.909 bits per heavy atom. The molecule has 1 N–H and O–H groups in total. The van der Waals surface area contributed by atoms with E-state index in [1.54, 1.807) is 35.2 Å². The molecule has 2 aromatic rings. The van der Waals surface area contributed by atoms with Gasteiger partial charge in [-0.05, 0) is 56.2 Å². The van der Waals surface area contributed by atoms with Gasteiger partial charge in [-0.15, -0.1) is 0 Å². The molecule has 7 rings (SSSR count). The average Bonchev–Trinajstić information content (AvgIpc) is 3.72. The summed E-state index contributed by atoms with van der Waals surface area (Å²) in [6.07, 6.45) is 6.56. The highest BCUT2D eigenvalue weighted by atomic mass is 19.1. The van der Waals surface area contributed by atoms with E-state index in [0.29, 0.717) is 51.1 Å². The van der Waals surface area contributed by atoms with Crippen molar-refractivity contribution in [3.05, 3.63) is 59.5 Å². The molecule has 10 nitrogen and oxygen atoms in total. The highest BCUT2D eigenvalue weighted by Gasteiger charge is 2.43. The van der Waals surface area contributed by atoms with E-state index >= 15 is 0 Å². The molecule has 2 atom stereocenters. The molecule has 3 fully saturated rings. The van der Waals surface area contributed by atoms with Crippen LogP contribution in [0.2, 0.25) is 0 Å². The number of hydrogen-bond donors (Lipinski definition) is 1. The lowest BCUT2D eigenvalue weighted by molar-refractivity contribution is -0.138. The summed E-state index contributed by atoms with van der Waals surface area (Å²) >= 11 is 0. The number of nitrogens with zero attached hydrogens (tertiary/aromatic N) is 4. The normalized spacial score (nSPS) is 26.2. The van der Waals surface area contributed by atoms with Crippen LogP contribution >= 0.6 is 0 Å². The second-order valence-electron chi connectivity index (χ2n) is 12.4. The van der Waals surface area contributed by atoms with Gasteiger partial charge in [0, 0.05) is 50.9 Å². The third-order valence-corrected chi connectivity index (χ3v) is 9.49. The van der Waals surface area contributed by atoms with Crippen molar-refractivity contribution in [2.45, 2.75) is 63.1 Å². The molecule has 1 aromatic carbocycles. The number of pyridine rings is 1. The molecule has 4 aliphatic heterocycles. The predicted molar refractivity (Wildman–Crippen MR) is 161 cm³/mol. The largest absolute Gasteiger partial charge is 0.475 e. The van der Waals surface area contributed by atoms with Gasteiger partial charge in [-0.3, -0.25) is 19.3 Å². The van der Waals surface area contributed by atoms with Crippen LogP contribution in [-0.2, 0) is 9.53 Å². The molecule has 3 amide bonds. The Kier molecular flexibility index (Phi) is 9.71. The molecule has 236 valence electrons. The number of rotatable bonds is 2. The van der Waals surface area contributed by atoms with Crippen LogP contribution in [0, 0.1) is 11.7 Å². The van der Waals surface area contributed by atoms with Gasteiger partial charge in [-0.1, -0.05) is 31.0 Å². The summed E-state index contributed by atoms with van der Waals surface area (Å²) in [6, 6.07) is 11.1. The third-order valence-electron chi connectivity index (χ3n) is 9.49. The Hall–Kier alpha value is -3.57. The first-order chi connectivity index (χ1) is 21.5. The zero-order valence-electron chi connectivity index (χ0n) is 25.2. The van der Waals surface area contributed by atoms with E-state index in [1.807, 2.05) is 4.90 Å². The number of hydrogen-bond acceptors (Lipinski definition) is 7. The number of amides is 3. The van der Waals surface area contributed by atoms with Gasteiger partial charge in [-0.25, -0.2) is 9.37 Å². The lowest BCUT2D eigenvalue weighted by Gasteiger charge is -2.38. The fourth-order valence-corrected chi connectivity index (χ4v) is 7.15. The minimum atomic E-state index is -0.543. The summed E-state index contributed by atoms with van der Waals surface area (Å²) in [5.74, 6) is -0.547. The van der Waals surface area contributed by atoms with Crippen molar-refractivity contribution >= 4 is 17.7 Å². The van der Waals surface area contributed by atoms with Crippen molar-refractivity contribution in [2.75, 3.05) is 52.5 Å². The monoisotopic (exact) mass is 607 g/mol. The van der Waals surface area contributed by atoms with E-state index in [4.69, 9.17) is 9.47 Å². The first-order valence-electron chi connectivity index (χ1n) is 16.0. The Balaban J connectivity index is 1.21. The van der Waals surface area contributed by atoms with Crippen LogP contribution in [0.3, 0.4) is 0 Å². The third kappa shape index (κ3) is 7.04. The van der Waals surface area contributed by atoms with Crippen molar-refractivity contribution in [3.8, 4) is 5.88 Å². The summed E-state index contributed by atoms with van der Waals surface area (Å²) in [7, 11) is 0. The molecule has 0 spiro atoms. The molecule has 5 heterocycles. The first-order valence-corrected chi connectivity index (χ1v) is 16.0. The Labute approximate surface area is 257 Å². The van der Waals surface area contributed by atoms with Gasteiger partial charge in [0.05, 0.1) is 24.8 Å². The SMILES string of the molecule is O=C1N[C@@H]2C[C@@H](C(=O)N3CCC(CC3)CN(C(=O)c3ccccc3F)CCOCCOc3cccc1n3)N(C1CCCC1)C2. The van der Waals surface area contributed by atoms with Crippen molar-refractivity contribution in [3.63, 3.8) is 0 Å². The number of carbonyl (C=O) groups excluding carboxylic acids is 3. The number of nitrogens with one attached hydrogen (secondary N) is 1. The number of piperidine rings is 1. The summed E-state index contributed by atoms with van der Waals surface area (Å²) in [5.41, 5.74) is 0.312. The quantitative estimate of drug-likeness (QED) is 0.524. The van der Waals surface area contributed by atoms with Gasteiger partial charge in [0.25, 0.3) is 11.8 Å². The predicted octanol–water partition coefficient (Wildman–Crippen LogP) is 3.13. The second-order valence-corrected chi connectivity index (χ2v) is 12.4. The van der Waals surface area contributed by atoms with Gasteiger partial charge in [0.2, 0.25) is 11.8 Å². The van der Waals surface area contributed by atoms with Gasteiger partial charge < -0.3 is 24.6 Å². The standard InChI is InChI=1S/C33H42FN5O5/c34-27-9-4-3-8-26(27)32(41)38-16-17-43-18-19-44-30-11-5-10-28(36-30)31(40)35-24-20-29(39(22-24)25-6-1-2-7-25)33(42)37-14-12-23(21-38)13-15-37/h3-5,8-11,23-25,29H,1-2,6-7,12-22H2,(H,35,40)/t24-,29+/m1/s1. The minimum absolute atomic E-state index is 0.0471. The fourth-order valence-electron chi connectivity index (χ4n) is 7.15. The molecule has 6 bridgehead atoms. The Morgan fingerprint density at radius 3 is 2.50 bits per heavy atom. The van der Waals surface area contributed by atoms with Crippen LogP contribution in [0.25, 0.3) is 0 Å². The highest BCUT2D eigenvalue weighted by Crippen LogP contribution is 2.32. The summed E-state index contributed by atoms with van der Waals surface area (Å²) in [4.78, 5) is 51.0. The molecule has 1 aromatic heterocycles. The smallest absolute Gasteiger partial charge is 0.270 e. The number of aromatic nitrogens is 1. The molecule has 11 heteroatoms. The van der Waals surface area contributed by atoms with E-state index in [1.165, 1.54) is 12.1 Å². The molecular formula is C33H42FN5O5. The highest BCUT2D eigenvalue weighted by molar-refractivity contribution is 5.94. The molecule has 0 unspecified atom stereocenters. The summed E-state index contributed by atoms with van der Waals surface area (Å²) in [5, 5.41) is 3.14. The Bertz CT molecular complexity index is 1330. The van der Waals surface area contributed by atoms with E-state index < -0.39 is 5.82 Å². The van der Waals surface area contributed by atoms with E-state index in [9.17, 15) is 18.8 Å². The molecule has 5 aliphatic rings. The molecule has 1 aliphatic carbocycles. The Morgan fingerprint density at radius 2 is 1.70 bits per heavy atom. The number of benzene rings is 1. The van der Waals surface area contributed by atoms with Crippen LogP contribution in [0.4, 0.5) is 4.39 Å². The van der Waals surface area contributed by atoms with Crippen LogP contribution < -0.4 is 10.1 Å². The zero-order valence-corrected chi connectivity index (χ0v) is 25.2. The maximum atomic E-state index is 14.6. The second kappa shape index (κ2) is 14.0. The lowest BCUT2D eigenvalue weighted by atomic mass is 9.95. The van der Waals surface area contributed by atoms with Crippen LogP contribution in [-0.4, -0.2) is 108 Å². The topological polar surface area (TPSA) is 104 Å². The van der Waals surface area contributed by atoms with Crippen LogP contribution in [0.1, 0.15) is 65.8 Å². The zero-order chi connectivity index (χ0) is 30.5. The van der Waals surface area contributed by atoms with Crippen LogP contribution in [0.5, 0.6) is 5.88 Å². The molecular weight excluding hydrogens is 565 g/mol. The minimum Gasteiger partial charge on any atom is -0.475 e. The fraction of sp³-hybridized carbons (Fsp3) is 0.576. The van der Waals surface area contributed by atoms with Gasteiger partial charge in [0.15, 0.2) is 0 Å². The molecule has 2 saturated heterocycles.